The van der Waals surface area contributed by atoms with Crippen molar-refractivity contribution in [2.75, 3.05) is 0 Å². The largest absolute Gasteiger partial charge is 0.334 e. The molecule has 0 radical (unpaired) electrons. The Morgan fingerprint density at radius 2 is 0.911 bits per heavy atom. The van der Waals surface area contributed by atoms with E-state index in [9.17, 15) is 0 Å². The van der Waals surface area contributed by atoms with Gasteiger partial charge >= 0.3 is 0 Å². The van der Waals surface area contributed by atoms with Gasteiger partial charge in [-0.1, -0.05) is 62.4 Å². The molecule has 0 unspecified atom stereocenters. The summed E-state index contributed by atoms with van der Waals surface area (Å²) in [6.07, 6.45) is 21.3. The van der Waals surface area contributed by atoms with Gasteiger partial charge in [0.15, 0.2) is 16.8 Å². The fraction of sp³-hybridized carbons (Fsp3) is 0.211. The third-order valence-electron chi connectivity index (χ3n) is 6.75. The second-order valence-corrected chi connectivity index (χ2v) is 10.4. The quantitative estimate of drug-likeness (QED) is 0.183. The number of fused-ring (bicyclic) bond motifs is 4. The zero-order valence-corrected chi connectivity index (χ0v) is 32.8. The summed E-state index contributed by atoms with van der Waals surface area (Å²) in [5.41, 5.74) is 7.46. The molecule has 288 valence electrons. The lowest BCUT2D eigenvalue weighted by Gasteiger charge is -1.90. The predicted molar refractivity (Wildman–Crippen MR) is 216 cm³/mol. The number of rotatable bonds is 0. The minimum Gasteiger partial charge on any atom is -0.334 e. The highest BCUT2D eigenvalue weighted by Crippen LogP contribution is 2.09. The standard InChI is InChI=1S/C8H8N2.C7H7N3.C6H6N4.C5H5N5.2C4H4N2.2C2H6/c1-10-6-9-7-4-2-3-5-8(7)10;1-10-7-5-3-2-4-6(7)8-9-10;1-10-4-9-5-2-7-3-8-6(5)10;1-10-5-4(8-9-10)2-6-3-7-5;1-2-6-4-3-5-1;1-2-5-4-6-3-1;2*1-2/h2-6H,1H3;2-5H,1H3;2-4H,1H3;2-3H,1H3;2*1-4H;2*1-2H3. The Bertz CT molecular complexity index is 2120. The van der Waals surface area contributed by atoms with Gasteiger partial charge < -0.3 is 9.13 Å². The van der Waals surface area contributed by atoms with Crippen molar-refractivity contribution in [2.24, 2.45) is 28.2 Å². The molecule has 0 atom stereocenters. The van der Waals surface area contributed by atoms with Gasteiger partial charge in [0.1, 0.15) is 30.0 Å². The highest BCUT2D eigenvalue weighted by molar-refractivity contribution is 5.75. The molecular weight excluding hydrogens is 709 g/mol. The number of hydrogen-bond acceptors (Lipinski definition) is 14. The van der Waals surface area contributed by atoms with Gasteiger partial charge in [-0.25, -0.2) is 49.2 Å². The summed E-state index contributed by atoms with van der Waals surface area (Å²) in [6.45, 7) is 8.00. The maximum Gasteiger partial charge on any atom is 0.181 e. The first kappa shape index (κ1) is 42.9. The van der Waals surface area contributed by atoms with Crippen LogP contribution >= 0.6 is 0 Å². The Hall–Kier alpha value is -7.50. The van der Waals surface area contributed by atoms with E-state index in [2.05, 4.69) is 76.5 Å². The molecule has 0 spiro atoms. The molecule has 0 aliphatic carbocycles. The van der Waals surface area contributed by atoms with Gasteiger partial charge in [-0.05, 0) is 30.3 Å². The molecule has 0 aliphatic rings. The van der Waals surface area contributed by atoms with Crippen molar-refractivity contribution < 1.29 is 0 Å². The number of aromatic nitrogens is 18. The third kappa shape index (κ3) is 13.5. The summed E-state index contributed by atoms with van der Waals surface area (Å²) in [7, 11) is 7.58. The number of imidazole rings is 2. The Morgan fingerprint density at radius 3 is 1.45 bits per heavy atom. The molecule has 18 heteroatoms. The molecule has 0 bridgehead atoms. The molecule has 0 amide bonds. The number of aryl methyl sites for hydroxylation is 4. The lowest BCUT2D eigenvalue weighted by atomic mass is 10.3. The lowest BCUT2D eigenvalue weighted by molar-refractivity contribution is 0.729. The smallest absolute Gasteiger partial charge is 0.181 e. The number of hydrogen-bond donors (Lipinski definition) is 0. The van der Waals surface area contributed by atoms with E-state index < -0.39 is 0 Å². The van der Waals surface area contributed by atoms with Gasteiger partial charge in [0.2, 0.25) is 0 Å². The maximum atomic E-state index is 4.18. The minimum atomic E-state index is 0.727. The van der Waals surface area contributed by atoms with E-state index in [4.69, 9.17) is 0 Å². The van der Waals surface area contributed by atoms with Crippen LogP contribution in [0.25, 0.3) is 44.4 Å². The van der Waals surface area contributed by atoms with Crippen molar-refractivity contribution >= 4 is 44.4 Å². The summed E-state index contributed by atoms with van der Waals surface area (Å²) < 4.78 is 7.23. The SMILES string of the molecule is CC.CC.Cn1cnc2ccccc21.Cn1cnc2cncnc21.Cn1nnc2ccccc21.Cn1nnc2cncnc21.c1cnccn1.c1cncnc1. The molecule has 0 saturated carbocycles. The van der Waals surface area contributed by atoms with Crippen molar-refractivity contribution in [3.05, 3.63) is 136 Å². The molecule has 10 rings (SSSR count). The molecule has 18 nitrogen and oxygen atoms in total. The number of nitrogens with zero attached hydrogens (tertiary/aromatic N) is 18. The second-order valence-electron chi connectivity index (χ2n) is 10.4. The zero-order valence-electron chi connectivity index (χ0n) is 32.8. The van der Waals surface area contributed by atoms with Crippen LogP contribution in [-0.2, 0) is 28.2 Å². The van der Waals surface area contributed by atoms with E-state index in [1.54, 1.807) is 78.4 Å². The van der Waals surface area contributed by atoms with Crippen LogP contribution in [0.4, 0.5) is 0 Å². The van der Waals surface area contributed by atoms with Gasteiger partial charge in [-0.15, -0.1) is 10.2 Å². The first-order valence-electron chi connectivity index (χ1n) is 17.5. The van der Waals surface area contributed by atoms with Crippen LogP contribution in [0.2, 0.25) is 0 Å². The number of benzene rings is 2. The normalized spacial score (nSPS) is 9.43. The highest BCUT2D eigenvalue weighted by atomic mass is 15.4. The van der Waals surface area contributed by atoms with Crippen LogP contribution in [0, 0.1) is 0 Å². The average molecular weight is 755 g/mol. The Labute approximate surface area is 324 Å². The molecular formula is C38H46N18. The van der Waals surface area contributed by atoms with E-state index in [1.807, 2.05) is 107 Å². The minimum absolute atomic E-state index is 0.727. The van der Waals surface area contributed by atoms with Gasteiger partial charge in [-0.3, -0.25) is 9.97 Å². The first-order chi connectivity index (χ1) is 27.5. The average Bonchev–Trinajstić information content (AvgIpc) is 4.08. The van der Waals surface area contributed by atoms with Crippen LogP contribution in [0.1, 0.15) is 27.7 Å². The lowest BCUT2D eigenvalue weighted by Crippen LogP contribution is -1.91. The van der Waals surface area contributed by atoms with E-state index in [0.29, 0.717) is 0 Å². The molecule has 0 N–H and O–H groups in total. The summed E-state index contributed by atoms with van der Waals surface area (Å²) in [5, 5.41) is 15.4. The predicted octanol–water partition coefficient (Wildman–Crippen LogP) is 5.67. The molecule has 56 heavy (non-hydrogen) atoms. The fourth-order valence-corrected chi connectivity index (χ4v) is 4.25. The summed E-state index contributed by atoms with van der Waals surface area (Å²) in [4.78, 5) is 38.7. The molecule has 2 aromatic carbocycles. The van der Waals surface area contributed by atoms with Gasteiger partial charge in [-0.2, -0.15) is 0 Å². The Balaban J connectivity index is 0.000000179. The Kier molecular flexibility index (Phi) is 18.9. The Morgan fingerprint density at radius 1 is 0.393 bits per heavy atom. The van der Waals surface area contributed by atoms with Crippen LogP contribution in [-0.4, -0.2) is 89.0 Å². The van der Waals surface area contributed by atoms with Crippen LogP contribution in [0.15, 0.2) is 136 Å². The first-order valence-corrected chi connectivity index (χ1v) is 17.5. The second kappa shape index (κ2) is 24.7. The van der Waals surface area contributed by atoms with E-state index >= 15 is 0 Å². The van der Waals surface area contributed by atoms with E-state index in [-0.39, 0.29) is 0 Å². The monoisotopic (exact) mass is 754 g/mol. The summed E-state index contributed by atoms with van der Waals surface area (Å²) in [6, 6.07) is 17.7. The van der Waals surface area contributed by atoms with E-state index in [1.165, 1.54) is 24.5 Å². The molecule has 8 aromatic heterocycles. The van der Waals surface area contributed by atoms with E-state index in [0.717, 1.165) is 38.9 Å². The van der Waals surface area contributed by atoms with Crippen molar-refractivity contribution in [3.63, 3.8) is 0 Å². The van der Waals surface area contributed by atoms with Crippen molar-refractivity contribution in [1.29, 1.82) is 0 Å². The van der Waals surface area contributed by atoms with Crippen LogP contribution < -0.4 is 0 Å². The summed E-state index contributed by atoms with van der Waals surface area (Å²) >= 11 is 0. The maximum absolute atomic E-state index is 4.18. The topological polar surface area (TPSA) is 200 Å². The van der Waals surface area contributed by atoms with Gasteiger partial charge in [0, 0.05) is 65.4 Å². The van der Waals surface area contributed by atoms with Gasteiger partial charge in [0.25, 0.3) is 0 Å². The molecule has 8 heterocycles. The molecule has 10 aromatic rings. The van der Waals surface area contributed by atoms with Gasteiger partial charge in [0.05, 0.1) is 41.6 Å². The zero-order chi connectivity index (χ0) is 40.4. The van der Waals surface area contributed by atoms with Crippen molar-refractivity contribution in [1.82, 2.24) is 89.0 Å². The van der Waals surface area contributed by atoms with Crippen molar-refractivity contribution in [2.45, 2.75) is 27.7 Å². The third-order valence-corrected chi connectivity index (χ3v) is 6.75. The van der Waals surface area contributed by atoms with Crippen LogP contribution in [0.3, 0.4) is 0 Å². The van der Waals surface area contributed by atoms with Crippen LogP contribution in [0.5, 0.6) is 0 Å². The molecule has 0 saturated heterocycles. The summed E-state index contributed by atoms with van der Waals surface area (Å²) in [5.74, 6) is 0. The molecule has 0 fully saturated rings. The number of para-hydroxylation sites is 3. The van der Waals surface area contributed by atoms with Crippen molar-refractivity contribution in [3.8, 4) is 0 Å². The fourth-order valence-electron chi connectivity index (χ4n) is 4.25. The molecule has 0 aliphatic heterocycles. The highest BCUT2D eigenvalue weighted by Gasteiger charge is 1.99.